The number of aromatic nitrogens is 2. The van der Waals surface area contributed by atoms with Crippen molar-refractivity contribution in [3.63, 3.8) is 0 Å². The number of aryl methyl sites for hydroxylation is 1. The molecule has 1 aliphatic rings. The summed E-state index contributed by atoms with van der Waals surface area (Å²) in [5.41, 5.74) is 1.14. The molecule has 0 bridgehead atoms. The first-order valence-electron chi connectivity index (χ1n) is 8.76. The van der Waals surface area contributed by atoms with Crippen LogP contribution in [0.15, 0.2) is 39.9 Å². The number of anilines is 1. The van der Waals surface area contributed by atoms with E-state index in [9.17, 15) is 14.4 Å². The van der Waals surface area contributed by atoms with Crippen molar-refractivity contribution < 1.29 is 4.79 Å². The fraction of sp³-hybridized carbons (Fsp3) is 0.421. The van der Waals surface area contributed by atoms with Crippen molar-refractivity contribution in [2.45, 2.75) is 13.3 Å². The molecule has 2 aromatic rings. The molecule has 1 amide bonds. The smallest absolute Gasteiger partial charge is 0.332 e. The molecule has 1 fully saturated rings. The molecule has 0 N–H and O–H groups in total. The fourth-order valence-corrected chi connectivity index (χ4v) is 3.25. The van der Waals surface area contributed by atoms with Crippen LogP contribution in [0, 0.1) is 6.92 Å². The maximum atomic E-state index is 12.7. The first-order valence-corrected chi connectivity index (χ1v) is 8.76. The van der Waals surface area contributed by atoms with E-state index >= 15 is 0 Å². The quantitative estimate of drug-likeness (QED) is 0.796. The molecule has 0 atom stereocenters. The van der Waals surface area contributed by atoms with Crippen LogP contribution in [0.3, 0.4) is 0 Å². The first-order chi connectivity index (χ1) is 12.4. The summed E-state index contributed by atoms with van der Waals surface area (Å²) in [6.45, 7) is 4.47. The van der Waals surface area contributed by atoms with Gasteiger partial charge < -0.3 is 9.80 Å². The summed E-state index contributed by atoms with van der Waals surface area (Å²) >= 11 is 0. The fourth-order valence-electron chi connectivity index (χ4n) is 3.25. The molecule has 0 unspecified atom stereocenters. The van der Waals surface area contributed by atoms with E-state index in [2.05, 4.69) is 0 Å². The minimum absolute atomic E-state index is 0.0183. The predicted molar refractivity (Wildman–Crippen MR) is 101 cm³/mol. The van der Waals surface area contributed by atoms with Crippen molar-refractivity contribution in [3.05, 3.63) is 62.3 Å². The van der Waals surface area contributed by atoms with Crippen LogP contribution in [-0.4, -0.2) is 46.1 Å². The minimum Gasteiger partial charge on any atom is -0.356 e. The minimum atomic E-state index is -0.343. The van der Waals surface area contributed by atoms with Crippen LogP contribution < -0.4 is 16.1 Å². The largest absolute Gasteiger partial charge is 0.356 e. The Morgan fingerprint density at radius 1 is 0.923 bits per heavy atom. The van der Waals surface area contributed by atoms with E-state index in [1.54, 1.807) is 7.05 Å². The highest BCUT2D eigenvalue weighted by Gasteiger charge is 2.22. The Hall–Kier alpha value is -2.83. The molecule has 7 heteroatoms. The van der Waals surface area contributed by atoms with Gasteiger partial charge in [0.15, 0.2) is 0 Å². The Bertz CT molecular complexity index is 927. The Morgan fingerprint density at radius 2 is 1.62 bits per heavy atom. The normalized spacial score (nSPS) is 15.0. The molecule has 0 spiro atoms. The van der Waals surface area contributed by atoms with Gasteiger partial charge in [-0.2, -0.15) is 0 Å². The van der Waals surface area contributed by atoms with Crippen molar-refractivity contribution in [2.24, 2.45) is 14.1 Å². The first kappa shape index (κ1) is 18.0. The summed E-state index contributed by atoms with van der Waals surface area (Å²) < 4.78 is 2.58. The monoisotopic (exact) mass is 356 g/mol. The van der Waals surface area contributed by atoms with Gasteiger partial charge in [0.05, 0.1) is 0 Å². The second-order valence-electron chi connectivity index (χ2n) is 6.74. The standard InChI is InChI=1S/C19H24N4O3/c1-14-5-7-15(8-6-14)18(25)23-10-4-9-22(11-12-23)16-13-17(24)21(3)19(26)20(16)2/h5-8,13H,4,9-12H2,1-3H3. The van der Waals surface area contributed by atoms with Gasteiger partial charge in [0.25, 0.3) is 11.5 Å². The van der Waals surface area contributed by atoms with Crippen LogP contribution >= 0.6 is 0 Å². The Morgan fingerprint density at radius 3 is 2.31 bits per heavy atom. The van der Waals surface area contributed by atoms with Gasteiger partial charge in [-0.05, 0) is 25.5 Å². The lowest BCUT2D eigenvalue weighted by Crippen LogP contribution is -2.41. The molecule has 0 radical (unpaired) electrons. The number of benzene rings is 1. The van der Waals surface area contributed by atoms with Gasteiger partial charge in [0.1, 0.15) is 5.82 Å². The van der Waals surface area contributed by atoms with E-state index in [0.29, 0.717) is 37.6 Å². The summed E-state index contributed by atoms with van der Waals surface area (Å²) in [5, 5.41) is 0. The summed E-state index contributed by atoms with van der Waals surface area (Å²) in [4.78, 5) is 40.7. The van der Waals surface area contributed by atoms with Crippen LogP contribution in [0.5, 0.6) is 0 Å². The molecule has 1 aliphatic heterocycles. The molecule has 26 heavy (non-hydrogen) atoms. The summed E-state index contributed by atoms with van der Waals surface area (Å²) in [7, 11) is 3.13. The zero-order valence-electron chi connectivity index (χ0n) is 15.4. The lowest BCUT2D eigenvalue weighted by Gasteiger charge is -2.25. The third-order valence-electron chi connectivity index (χ3n) is 4.91. The topological polar surface area (TPSA) is 67.6 Å². The SMILES string of the molecule is Cc1ccc(C(=O)N2CCCN(c3cc(=O)n(C)c(=O)n3C)CC2)cc1. The van der Waals surface area contributed by atoms with Gasteiger partial charge in [-0.15, -0.1) is 0 Å². The lowest BCUT2D eigenvalue weighted by atomic mass is 10.1. The molecule has 0 aliphatic carbocycles. The number of hydrogen-bond acceptors (Lipinski definition) is 4. The van der Waals surface area contributed by atoms with Crippen molar-refractivity contribution in [1.82, 2.24) is 14.0 Å². The van der Waals surface area contributed by atoms with E-state index in [0.717, 1.165) is 16.6 Å². The maximum Gasteiger partial charge on any atom is 0.332 e. The van der Waals surface area contributed by atoms with Crippen LogP contribution in [0.1, 0.15) is 22.3 Å². The van der Waals surface area contributed by atoms with E-state index in [-0.39, 0.29) is 17.2 Å². The van der Waals surface area contributed by atoms with E-state index in [1.165, 1.54) is 17.7 Å². The molecule has 1 aromatic carbocycles. The maximum absolute atomic E-state index is 12.7. The van der Waals surface area contributed by atoms with Gasteiger partial charge in [-0.25, -0.2) is 4.79 Å². The van der Waals surface area contributed by atoms with Gasteiger partial charge in [-0.3, -0.25) is 18.7 Å². The molecule has 1 saturated heterocycles. The highest BCUT2D eigenvalue weighted by molar-refractivity contribution is 5.94. The molecule has 3 rings (SSSR count). The van der Waals surface area contributed by atoms with E-state index in [1.807, 2.05) is 41.0 Å². The van der Waals surface area contributed by atoms with Gasteiger partial charge in [0, 0.05) is 51.9 Å². The number of amides is 1. The zero-order valence-corrected chi connectivity index (χ0v) is 15.4. The van der Waals surface area contributed by atoms with Crippen LogP contribution in [0.4, 0.5) is 5.82 Å². The molecule has 2 heterocycles. The number of rotatable bonds is 2. The molecular formula is C19H24N4O3. The Balaban J connectivity index is 1.79. The average molecular weight is 356 g/mol. The average Bonchev–Trinajstić information content (AvgIpc) is 2.89. The highest BCUT2D eigenvalue weighted by Crippen LogP contribution is 2.15. The van der Waals surface area contributed by atoms with E-state index in [4.69, 9.17) is 0 Å². The number of carbonyl (C=O) groups is 1. The molecular weight excluding hydrogens is 332 g/mol. The Kier molecular flexibility index (Phi) is 4.97. The van der Waals surface area contributed by atoms with E-state index < -0.39 is 0 Å². The number of nitrogens with zero attached hydrogens (tertiary/aromatic N) is 4. The summed E-state index contributed by atoms with van der Waals surface area (Å²) in [5.74, 6) is 0.618. The molecule has 7 nitrogen and oxygen atoms in total. The van der Waals surface area contributed by atoms with Crippen molar-refractivity contribution in [3.8, 4) is 0 Å². The molecule has 138 valence electrons. The van der Waals surface area contributed by atoms with Gasteiger partial charge in [0.2, 0.25) is 0 Å². The third kappa shape index (κ3) is 3.42. The number of hydrogen-bond donors (Lipinski definition) is 0. The number of carbonyl (C=O) groups excluding carboxylic acids is 1. The molecule has 0 saturated carbocycles. The van der Waals surface area contributed by atoms with Crippen molar-refractivity contribution in [1.29, 1.82) is 0 Å². The summed E-state index contributed by atoms with van der Waals surface area (Å²) in [6, 6.07) is 9.06. The van der Waals surface area contributed by atoms with Crippen molar-refractivity contribution in [2.75, 3.05) is 31.1 Å². The molecule has 1 aromatic heterocycles. The second kappa shape index (κ2) is 7.19. The Labute approximate surface area is 152 Å². The van der Waals surface area contributed by atoms with Gasteiger partial charge in [-0.1, -0.05) is 17.7 Å². The van der Waals surface area contributed by atoms with Crippen LogP contribution in [-0.2, 0) is 14.1 Å². The predicted octanol–water partition coefficient (Wildman–Crippen LogP) is 0.745. The van der Waals surface area contributed by atoms with Gasteiger partial charge >= 0.3 is 5.69 Å². The third-order valence-corrected chi connectivity index (χ3v) is 4.91. The second-order valence-corrected chi connectivity index (χ2v) is 6.74. The zero-order chi connectivity index (χ0) is 18.8. The van der Waals surface area contributed by atoms with Crippen molar-refractivity contribution >= 4 is 11.7 Å². The lowest BCUT2D eigenvalue weighted by molar-refractivity contribution is 0.0767. The summed E-state index contributed by atoms with van der Waals surface area (Å²) in [6.07, 6.45) is 0.779. The highest BCUT2D eigenvalue weighted by atomic mass is 16.2. The van der Waals surface area contributed by atoms with Crippen LogP contribution in [0.25, 0.3) is 0 Å². The van der Waals surface area contributed by atoms with Crippen LogP contribution in [0.2, 0.25) is 0 Å².